The van der Waals surface area contributed by atoms with Crippen molar-refractivity contribution in [2.45, 2.75) is 51.5 Å². The summed E-state index contributed by atoms with van der Waals surface area (Å²) in [5, 5.41) is 9.78. The maximum Gasteiger partial charge on any atom is 0.170 e. The minimum atomic E-state index is -0.904. The first-order chi connectivity index (χ1) is 7.88. The van der Waals surface area contributed by atoms with E-state index in [9.17, 15) is 5.11 Å². The van der Waals surface area contributed by atoms with E-state index >= 15 is 0 Å². The van der Waals surface area contributed by atoms with Crippen molar-refractivity contribution in [3.8, 4) is 0 Å². The maximum atomic E-state index is 9.78. The zero-order chi connectivity index (χ0) is 12.9. The second-order valence-electron chi connectivity index (χ2n) is 5.31. The first-order valence-electron chi connectivity index (χ1n) is 6.04. The molecule has 0 radical (unpaired) electrons. The summed E-state index contributed by atoms with van der Waals surface area (Å²) < 4.78 is 5.42. The predicted molar refractivity (Wildman–Crippen MR) is 69.6 cm³/mol. The molecule has 1 aromatic carbocycles. The van der Waals surface area contributed by atoms with Crippen LogP contribution in [0.1, 0.15) is 32.8 Å². The third-order valence-corrected chi connectivity index (χ3v) is 2.45. The minimum Gasteiger partial charge on any atom is -0.367 e. The molecule has 0 spiro atoms. The molecule has 0 saturated heterocycles. The molecule has 0 aliphatic heterocycles. The average Bonchev–Trinajstić information content (AvgIpc) is 2.25. The number of aliphatic hydroxyl groups excluding tert-OH is 1. The van der Waals surface area contributed by atoms with Crippen molar-refractivity contribution in [2.75, 3.05) is 0 Å². The van der Waals surface area contributed by atoms with E-state index in [1.54, 1.807) is 0 Å². The van der Waals surface area contributed by atoms with Crippen LogP contribution < -0.4 is 5.73 Å². The smallest absolute Gasteiger partial charge is 0.170 e. The van der Waals surface area contributed by atoms with Crippen LogP contribution in [0.2, 0.25) is 0 Å². The maximum absolute atomic E-state index is 9.78. The van der Waals surface area contributed by atoms with Crippen LogP contribution in [0.3, 0.4) is 0 Å². The van der Waals surface area contributed by atoms with Crippen molar-refractivity contribution in [1.82, 2.24) is 0 Å². The summed E-state index contributed by atoms with van der Waals surface area (Å²) in [5.74, 6) is 0. The van der Waals surface area contributed by atoms with Gasteiger partial charge >= 0.3 is 0 Å². The SMILES string of the molecule is CC(C)(C)OC(O)C(N)CCc1ccccc1. The molecule has 3 N–H and O–H groups in total. The Bertz CT molecular complexity index is 319. The van der Waals surface area contributed by atoms with Crippen LogP contribution >= 0.6 is 0 Å². The summed E-state index contributed by atoms with van der Waals surface area (Å²) >= 11 is 0. The molecule has 0 aliphatic carbocycles. The number of aryl methyl sites for hydroxylation is 1. The van der Waals surface area contributed by atoms with Crippen LogP contribution in [0.25, 0.3) is 0 Å². The monoisotopic (exact) mass is 237 g/mol. The van der Waals surface area contributed by atoms with Crippen LogP contribution in [0.15, 0.2) is 30.3 Å². The van der Waals surface area contributed by atoms with E-state index in [4.69, 9.17) is 10.5 Å². The van der Waals surface area contributed by atoms with E-state index in [0.29, 0.717) is 6.42 Å². The molecule has 1 rings (SSSR count). The molecular weight excluding hydrogens is 214 g/mol. The molecule has 2 unspecified atom stereocenters. The van der Waals surface area contributed by atoms with Crippen molar-refractivity contribution in [3.05, 3.63) is 35.9 Å². The first-order valence-corrected chi connectivity index (χ1v) is 6.04. The van der Waals surface area contributed by atoms with Gasteiger partial charge in [0.1, 0.15) is 0 Å². The summed E-state index contributed by atoms with van der Waals surface area (Å²) in [6.45, 7) is 5.71. The van der Waals surface area contributed by atoms with E-state index in [1.165, 1.54) is 5.56 Å². The van der Waals surface area contributed by atoms with Crippen LogP contribution in [0, 0.1) is 0 Å². The summed E-state index contributed by atoms with van der Waals surface area (Å²) in [6, 6.07) is 9.76. The Morgan fingerprint density at radius 3 is 2.35 bits per heavy atom. The standard InChI is InChI=1S/C14H23NO2/c1-14(2,3)17-13(16)12(15)10-9-11-7-5-4-6-8-11/h4-8,12-13,16H,9-10,15H2,1-3H3. The quantitative estimate of drug-likeness (QED) is 0.771. The molecule has 3 nitrogen and oxygen atoms in total. The van der Waals surface area contributed by atoms with Gasteiger partial charge in [-0.05, 0) is 39.2 Å². The lowest BCUT2D eigenvalue weighted by atomic mass is 10.1. The van der Waals surface area contributed by atoms with Crippen molar-refractivity contribution in [3.63, 3.8) is 0 Å². The third kappa shape index (κ3) is 5.82. The molecule has 17 heavy (non-hydrogen) atoms. The van der Waals surface area contributed by atoms with Gasteiger partial charge in [0.05, 0.1) is 11.6 Å². The number of aliphatic hydroxyl groups is 1. The topological polar surface area (TPSA) is 55.5 Å². The molecule has 1 aromatic rings. The third-order valence-electron chi connectivity index (χ3n) is 2.45. The zero-order valence-corrected chi connectivity index (χ0v) is 10.9. The molecule has 0 aliphatic rings. The summed E-state index contributed by atoms with van der Waals surface area (Å²) in [6.07, 6.45) is 0.659. The van der Waals surface area contributed by atoms with Gasteiger partial charge in [-0.2, -0.15) is 0 Å². The molecule has 0 fully saturated rings. The van der Waals surface area contributed by atoms with E-state index < -0.39 is 6.29 Å². The lowest BCUT2D eigenvalue weighted by Gasteiger charge is -2.27. The molecule has 3 heteroatoms. The normalized spacial score (nSPS) is 15.6. The summed E-state index contributed by atoms with van der Waals surface area (Å²) in [5.41, 5.74) is 6.75. The number of benzene rings is 1. The van der Waals surface area contributed by atoms with Gasteiger partial charge in [-0.3, -0.25) is 0 Å². The molecule has 0 amide bonds. The Labute approximate surface area is 104 Å². The van der Waals surface area contributed by atoms with E-state index in [2.05, 4.69) is 12.1 Å². The summed E-state index contributed by atoms with van der Waals surface area (Å²) in [7, 11) is 0. The largest absolute Gasteiger partial charge is 0.367 e. The van der Waals surface area contributed by atoms with Gasteiger partial charge in [-0.1, -0.05) is 30.3 Å². The molecule has 0 bridgehead atoms. The highest BCUT2D eigenvalue weighted by molar-refractivity contribution is 5.14. The Hall–Kier alpha value is -0.900. The van der Waals surface area contributed by atoms with E-state index in [1.807, 2.05) is 39.0 Å². The van der Waals surface area contributed by atoms with Crippen LogP contribution in [-0.4, -0.2) is 23.0 Å². The highest BCUT2D eigenvalue weighted by Gasteiger charge is 2.21. The molecular formula is C14H23NO2. The van der Waals surface area contributed by atoms with Crippen molar-refractivity contribution in [1.29, 1.82) is 0 Å². The second kappa shape index (κ2) is 6.15. The van der Waals surface area contributed by atoms with Gasteiger partial charge in [0.2, 0.25) is 0 Å². The van der Waals surface area contributed by atoms with Gasteiger partial charge in [-0.15, -0.1) is 0 Å². The number of hydrogen-bond donors (Lipinski definition) is 2. The van der Waals surface area contributed by atoms with E-state index in [0.717, 1.165) is 6.42 Å². The predicted octanol–water partition coefficient (Wildman–Crippen LogP) is 2.08. The Kier molecular flexibility index (Phi) is 5.12. The van der Waals surface area contributed by atoms with E-state index in [-0.39, 0.29) is 11.6 Å². The fourth-order valence-corrected chi connectivity index (χ4v) is 1.57. The molecule has 0 heterocycles. The van der Waals surface area contributed by atoms with Crippen molar-refractivity contribution < 1.29 is 9.84 Å². The summed E-state index contributed by atoms with van der Waals surface area (Å²) in [4.78, 5) is 0. The first kappa shape index (κ1) is 14.2. The Balaban J connectivity index is 2.37. The fourth-order valence-electron chi connectivity index (χ4n) is 1.57. The number of ether oxygens (including phenoxy) is 1. The second-order valence-corrected chi connectivity index (χ2v) is 5.31. The van der Waals surface area contributed by atoms with Gasteiger partial charge < -0.3 is 15.6 Å². The van der Waals surface area contributed by atoms with Gasteiger partial charge in [0, 0.05) is 0 Å². The number of hydrogen-bond acceptors (Lipinski definition) is 3. The van der Waals surface area contributed by atoms with Crippen LogP contribution in [0.4, 0.5) is 0 Å². The minimum absolute atomic E-state index is 0.352. The van der Waals surface area contributed by atoms with Crippen molar-refractivity contribution >= 4 is 0 Å². The Morgan fingerprint density at radius 1 is 1.24 bits per heavy atom. The Morgan fingerprint density at radius 2 is 1.82 bits per heavy atom. The highest BCUT2D eigenvalue weighted by Crippen LogP contribution is 2.13. The van der Waals surface area contributed by atoms with Crippen LogP contribution in [0.5, 0.6) is 0 Å². The zero-order valence-electron chi connectivity index (χ0n) is 10.9. The molecule has 0 saturated carbocycles. The fraction of sp³-hybridized carbons (Fsp3) is 0.571. The van der Waals surface area contributed by atoms with Gasteiger partial charge in [0.15, 0.2) is 6.29 Å². The lowest BCUT2D eigenvalue weighted by Crippen LogP contribution is -2.41. The number of rotatable bonds is 5. The van der Waals surface area contributed by atoms with Crippen LogP contribution in [-0.2, 0) is 11.2 Å². The van der Waals surface area contributed by atoms with Gasteiger partial charge in [0.25, 0.3) is 0 Å². The lowest BCUT2D eigenvalue weighted by molar-refractivity contribution is -0.176. The molecule has 2 atom stereocenters. The highest BCUT2D eigenvalue weighted by atomic mass is 16.6. The van der Waals surface area contributed by atoms with Gasteiger partial charge in [-0.25, -0.2) is 0 Å². The molecule has 96 valence electrons. The number of nitrogens with two attached hydrogens (primary N) is 1. The average molecular weight is 237 g/mol. The molecule has 0 aromatic heterocycles. The van der Waals surface area contributed by atoms with Crippen molar-refractivity contribution in [2.24, 2.45) is 5.73 Å².